The third kappa shape index (κ3) is 3.08. The molecule has 0 spiro atoms. The summed E-state index contributed by atoms with van der Waals surface area (Å²) in [6.07, 6.45) is 9.26. The fourth-order valence-electron chi connectivity index (χ4n) is 3.52. The standard InChI is InChI=1S/C14H27NO2S/c1-2-11-15-13-9-5-6-10-14(13)18(16,17)12-7-3-4-8-12/h12-15H,2-11H2,1H3. The lowest BCUT2D eigenvalue weighted by molar-refractivity contribution is 0.369. The molecule has 0 aromatic carbocycles. The maximum atomic E-state index is 12.7. The van der Waals surface area contributed by atoms with Gasteiger partial charge in [-0.05, 0) is 38.6 Å². The van der Waals surface area contributed by atoms with Crippen molar-refractivity contribution < 1.29 is 8.42 Å². The van der Waals surface area contributed by atoms with Gasteiger partial charge >= 0.3 is 0 Å². The monoisotopic (exact) mass is 273 g/mol. The molecule has 3 nitrogen and oxygen atoms in total. The lowest BCUT2D eigenvalue weighted by atomic mass is 9.95. The highest BCUT2D eigenvalue weighted by molar-refractivity contribution is 7.92. The van der Waals surface area contributed by atoms with E-state index in [1.165, 1.54) is 6.42 Å². The maximum absolute atomic E-state index is 12.7. The number of hydrogen-bond donors (Lipinski definition) is 1. The maximum Gasteiger partial charge on any atom is 0.157 e. The largest absolute Gasteiger partial charge is 0.313 e. The highest BCUT2D eigenvalue weighted by Gasteiger charge is 2.40. The second-order valence-corrected chi connectivity index (χ2v) is 8.33. The molecule has 2 saturated carbocycles. The van der Waals surface area contributed by atoms with Crippen molar-refractivity contribution >= 4 is 9.84 Å². The van der Waals surface area contributed by atoms with Crippen molar-refractivity contribution in [1.82, 2.24) is 5.32 Å². The first-order valence-electron chi connectivity index (χ1n) is 7.62. The van der Waals surface area contributed by atoms with Gasteiger partial charge in [-0.25, -0.2) is 8.42 Å². The van der Waals surface area contributed by atoms with Crippen LogP contribution in [-0.4, -0.2) is 31.5 Å². The average molecular weight is 273 g/mol. The van der Waals surface area contributed by atoms with E-state index >= 15 is 0 Å². The van der Waals surface area contributed by atoms with Gasteiger partial charge in [0.15, 0.2) is 9.84 Å². The van der Waals surface area contributed by atoms with Crippen molar-refractivity contribution in [3.05, 3.63) is 0 Å². The van der Waals surface area contributed by atoms with Crippen molar-refractivity contribution in [3.8, 4) is 0 Å². The summed E-state index contributed by atoms with van der Waals surface area (Å²) in [6.45, 7) is 3.08. The van der Waals surface area contributed by atoms with Crippen LogP contribution in [0, 0.1) is 0 Å². The molecule has 0 aliphatic heterocycles. The van der Waals surface area contributed by atoms with Crippen molar-refractivity contribution in [3.63, 3.8) is 0 Å². The Labute approximate surface area is 112 Å². The molecule has 2 atom stereocenters. The van der Waals surface area contributed by atoms with Crippen LogP contribution >= 0.6 is 0 Å². The molecule has 0 aromatic rings. The van der Waals surface area contributed by atoms with Gasteiger partial charge in [0, 0.05) is 6.04 Å². The molecule has 4 heteroatoms. The molecule has 2 unspecified atom stereocenters. The van der Waals surface area contributed by atoms with Gasteiger partial charge in [-0.2, -0.15) is 0 Å². The first kappa shape index (κ1) is 14.3. The second kappa shape index (κ2) is 6.38. The van der Waals surface area contributed by atoms with Gasteiger partial charge in [0.05, 0.1) is 10.5 Å². The molecule has 0 bridgehead atoms. The minimum Gasteiger partial charge on any atom is -0.313 e. The summed E-state index contributed by atoms with van der Waals surface area (Å²) in [5.41, 5.74) is 0. The van der Waals surface area contributed by atoms with Crippen LogP contribution < -0.4 is 5.32 Å². The highest BCUT2D eigenvalue weighted by Crippen LogP contribution is 2.33. The van der Waals surface area contributed by atoms with Crippen LogP contribution in [0.2, 0.25) is 0 Å². The Hall–Kier alpha value is -0.0900. The molecule has 1 N–H and O–H groups in total. The summed E-state index contributed by atoms with van der Waals surface area (Å²) < 4.78 is 25.4. The molecule has 2 aliphatic rings. The van der Waals surface area contributed by atoms with E-state index in [1.54, 1.807) is 0 Å². The highest BCUT2D eigenvalue weighted by atomic mass is 32.2. The lowest BCUT2D eigenvalue weighted by Crippen LogP contribution is -2.48. The quantitative estimate of drug-likeness (QED) is 0.837. The van der Waals surface area contributed by atoms with Crippen molar-refractivity contribution in [2.24, 2.45) is 0 Å². The molecule has 2 aliphatic carbocycles. The topological polar surface area (TPSA) is 46.2 Å². The van der Waals surface area contributed by atoms with Crippen LogP contribution in [0.4, 0.5) is 0 Å². The predicted molar refractivity (Wildman–Crippen MR) is 75.5 cm³/mol. The zero-order valence-corrected chi connectivity index (χ0v) is 12.3. The van der Waals surface area contributed by atoms with Gasteiger partial charge < -0.3 is 5.32 Å². The first-order valence-corrected chi connectivity index (χ1v) is 9.23. The Bertz CT molecular complexity index is 347. The van der Waals surface area contributed by atoms with Gasteiger partial charge in [0.1, 0.15) is 0 Å². The van der Waals surface area contributed by atoms with Crippen LogP contribution in [0.3, 0.4) is 0 Å². The van der Waals surface area contributed by atoms with Crippen molar-refractivity contribution in [1.29, 1.82) is 0 Å². The van der Waals surface area contributed by atoms with Crippen LogP contribution in [0.5, 0.6) is 0 Å². The van der Waals surface area contributed by atoms with E-state index in [4.69, 9.17) is 0 Å². The summed E-state index contributed by atoms with van der Waals surface area (Å²) in [5, 5.41) is 3.33. The van der Waals surface area contributed by atoms with Gasteiger partial charge in [0.2, 0.25) is 0 Å². The summed E-state index contributed by atoms with van der Waals surface area (Å²) in [5.74, 6) is 0. The molecule has 0 heterocycles. The van der Waals surface area contributed by atoms with E-state index in [0.29, 0.717) is 0 Å². The lowest BCUT2D eigenvalue weighted by Gasteiger charge is -2.33. The van der Waals surface area contributed by atoms with Gasteiger partial charge in [0.25, 0.3) is 0 Å². The third-order valence-electron chi connectivity index (χ3n) is 4.55. The van der Waals surface area contributed by atoms with E-state index in [1.807, 2.05) is 0 Å². The van der Waals surface area contributed by atoms with Gasteiger partial charge in [-0.3, -0.25) is 0 Å². The van der Waals surface area contributed by atoms with Crippen LogP contribution in [0.25, 0.3) is 0 Å². The predicted octanol–water partition coefficient (Wildman–Crippen LogP) is 2.65. The van der Waals surface area contributed by atoms with E-state index in [-0.39, 0.29) is 16.5 Å². The second-order valence-electron chi connectivity index (χ2n) is 5.88. The van der Waals surface area contributed by atoms with Crippen molar-refractivity contribution in [2.45, 2.75) is 81.3 Å². The molecule has 2 rings (SSSR count). The molecular formula is C14H27NO2S. The smallest absolute Gasteiger partial charge is 0.157 e. The Balaban J connectivity index is 2.07. The van der Waals surface area contributed by atoms with Crippen molar-refractivity contribution in [2.75, 3.05) is 6.54 Å². The molecule has 0 amide bonds. The van der Waals surface area contributed by atoms with E-state index in [9.17, 15) is 8.42 Å². The van der Waals surface area contributed by atoms with E-state index < -0.39 is 9.84 Å². The number of nitrogens with one attached hydrogen (secondary N) is 1. The zero-order chi connectivity index (χ0) is 13.0. The molecule has 2 fully saturated rings. The molecule has 18 heavy (non-hydrogen) atoms. The Morgan fingerprint density at radius 1 is 1.00 bits per heavy atom. The normalized spacial score (nSPS) is 30.7. The third-order valence-corrected chi connectivity index (χ3v) is 7.36. The first-order chi connectivity index (χ1) is 8.66. The van der Waals surface area contributed by atoms with Crippen LogP contribution in [0.15, 0.2) is 0 Å². The number of hydrogen-bond acceptors (Lipinski definition) is 3. The SMILES string of the molecule is CCCNC1CCCCC1S(=O)(=O)C1CCCC1. The van der Waals surface area contributed by atoms with Crippen LogP contribution in [-0.2, 0) is 9.84 Å². The Morgan fingerprint density at radius 2 is 1.61 bits per heavy atom. The number of rotatable bonds is 5. The minimum absolute atomic E-state index is 0.0356. The fraction of sp³-hybridized carbons (Fsp3) is 1.00. The molecular weight excluding hydrogens is 246 g/mol. The van der Waals surface area contributed by atoms with Gasteiger partial charge in [-0.15, -0.1) is 0 Å². The number of sulfone groups is 1. The Morgan fingerprint density at radius 3 is 2.28 bits per heavy atom. The summed E-state index contributed by atoms with van der Waals surface area (Å²) in [6, 6.07) is 0.212. The summed E-state index contributed by atoms with van der Waals surface area (Å²) >= 11 is 0. The van der Waals surface area contributed by atoms with E-state index in [0.717, 1.165) is 57.9 Å². The fourth-order valence-corrected chi connectivity index (χ4v) is 6.19. The molecule has 106 valence electrons. The molecule has 0 radical (unpaired) electrons. The summed E-state index contributed by atoms with van der Waals surface area (Å²) in [4.78, 5) is 0. The zero-order valence-electron chi connectivity index (χ0n) is 11.5. The Kier molecular flexibility index (Phi) is 5.07. The summed E-state index contributed by atoms with van der Waals surface area (Å²) in [7, 11) is -2.90. The van der Waals surface area contributed by atoms with Crippen LogP contribution in [0.1, 0.15) is 64.7 Å². The minimum atomic E-state index is -2.90. The molecule has 0 saturated heterocycles. The van der Waals surface area contributed by atoms with Gasteiger partial charge in [-0.1, -0.05) is 32.6 Å². The van der Waals surface area contributed by atoms with E-state index in [2.05, 4.69) is 12.2 Å². The molecule has 0 aromatic heterocycles. The average Bonchev–Trinajstić information content (AvgIpc) is 2.91.